The van der Waals surface area contributed by atoms with Crippen LogP contribution < -0.4 is 0 Å². The van der Waals surface area contributed by atoms with E-state index in [1.807, 2.05) is 13.0 Å². The summed E-state index contributed by atoms with van der Waals surface area (Å²) in [6.45, 7) is 6.03. The summed E-state index contributed by atoms with van der Waals surface area (Å²) in [5.74, 6) is 0.0418. The average molecular weight is 299 g/mol. The summed E-state index contributed by atoms with van der Waals surface area (Å²) in [7, 11) is 1.38. The molecule has 0 aliphatic rings. The van der Waals surface area contributed by atoms with Crippen molar-refractivity contribution in [3.8, 4) is 0 Å². The molecule has 0 fully saturated rings. The second-order valence-electron chi connectivity index (χ2n) is 5.39. The van der Waals surface area contributed by atoms with Gasteiger partial charge in [0.2, 0.25) is 5.71 Å². The van der Waals surface area contributed by atoms with Crippen LogP contribution in [0.2, 0.25) is 0 Å². The Morgan fingerprint density at radius 2 is 2.00 bits per heavy atom. The van der Waals surface area contributed by atoms with Crippen molar-refractivity contribution in [1.82, 2.24) is 0 Å². The number of ketones is 1. The third kappa shape index (κ3) is 5.11. The van der Waals surface area contributed by atoms with Crippen molar-refractivity contribution < 1.29 is 14.4 Å². The van der Waals surface area contributed by atoms with E-state index in [9.17, 15) is 10.3 Å². The molecule has 0 saturated carbocycles. The summed E-state index contributed by atoms with van der Waals surface area (Å²) in [4.78, 5) is 20.3. The predicted octanol–water partition coefficient (Wildman–Crippen LogP) is 3.27. The van der Waals surface area contributed by atoms with E-state index < -0.39 is 5.78 Å². The van der Waals surface area contributed by atoms with Gasteiger partial charge >= 0.3 is 5.71 Å². The highest BCUT2D eigenvalue weighted by atomic mass is 16.6. The first-order valence-electron chi connectivity index (χ1n) is 7.10. The lowest BCUT2D eigenvalue weighted by Crippen LogP contribution is -2.25. The highest BCUT2D eigenvalue weighted by Crippen LogP contribution is 2.10. The minimum Gasteiger partial charge on any atom is -0.398 e. The van der Waals surface area contributed by atoms with Crippen LogP contribution in [0.4, 0.5) is 0 Å². The van der Waals surface area contributed by atoms with Crippen molar-refractivity contribution in [2.75, 3.05) is 7.11 Å². The topological polar surface area (TPSA) is 75.1 Å². The molecule has 0 N–H and O–H groups in total. The standard InChI is InChI=1S/C17H21N3O2/c1-12(2)10-13(3)11-15(21)17(19-18)16(20-22-4)14-8-6-5-7-9-14/h5-9,11-12H,10H2,1-4H3/b13-11+,20-16+. The van der Waals surface area contributed by atoms with E-state index in [0.717, 1.165) is 12.0 Å². The van der Waals surface area contributed by atoms with Gasteiger partial charge in [-0.1, -0.05) is 54.9 Å². The number of carbonyl (C=O) groups excluding carboxylic acids is 1. The molecule has 22 heavy (non-hydrogen) atoms. The number of carbonyl (C=O) groups is 1. The lowest BCUT2D eigenvalue weighted by atomic mass is 9.99. The summed E-state index contributed by atoms with van der Waals surface area (Å²) in [5.41, 5.74) is 10.9. The van der Waals surface area contributed by atoms with Crippen LogP contribution in [-0.2, 0) is 9.63 Å². The highest BCUT2D eigenvalue weighted by Gasteiger charge is 2.27. The number of benzene rings is 1. The van der Waals surface area contributed by atoms with Crippen LogP contribution in [0.3, 0.4) is 0 Å². The molecule has 0 unspecified atom stereocenters. The Morgan fingerprint density at radius 3 is 2.50 bits per heavy atom. The molecule has 0 aromatic heterocycles. The van der Waals surface area contributed by atoms with E-state index in [1.54, 1.807) is 24.3 Å². The van der Waals surface area contributed by atoms with Gasteiger partial charge in [-0.05, 0) is 25.3 Å². The fourth-order valence-corrected chi connectivity index (χ4v) is 2.13. The number of allylic oxidation sites excluding steroid dienone is 2. The molecular weight excluding hydrogens is 278 g/mol. The molecule has 0 amide bonds. The van der Waals surface area contributed by atoms with Gasteiger partial charge in [0, 0.05) is 5.56 Å². The van der Waals surface area contributed by atoms with Gasteiger partial charge in [0.15, 0.2) is 0 Å². The molecule has 0 aliphatic heterocycles. The smallest absolute Gasteiger partial charge is 0.391 e. The monoisotopic (exact) mass is 299 g/mol. The number of oxime groups is 1. The van der Waals surface area contributed by atoms with Crippen LogP contribution in [-0.4, -0.2) is 29.1 Å². The van der Waals surface area contributed by atoms with Gasteiger partial charge in [-0.15, -0.1) is 0 Å². The van der Waals surface area contributed by atoms with Crippen LogP contribution in [0.15, 0.2) is 47.1 Å². The lowest BCUT2D eigenvalue weighted by Gasteiger charge is -2.04. The molecule has 116 valence electrons. The maximum Gasteiger partial charge on any atom is 0.391 e. The lowest BCUT2D eigenvalue weighted by molar-refractivity contribution is -0.112. The van der Waals surface area contributed by atoms with Crippen LogP contribution in [0, 0.1) is 5.92 Å². The van der Waals surface area contributed by atoms with Gasteiger partial charge in [0.25, 0.3) is 5.78 Å². The fourth-order valence-electron chi connectivity index (χ4n) is 2.13. The summed E-state index contributed by atoms with van der Waals surface area (Å²) < 4.78 is 0. The van der Waals surface area contributed by atoms with Gasteiger partial charge in [0.05, 0.1) is 0 Å². The van der Waals surface area contributed by atoms with Gasteiger partial charge in [-0.25, -0.2) is 0 Å². The molecule has 0 saturated heterocycles. The molecule has 1 rings (SSSR count). The minimum absolute atomic E-state index is 0.142. The largest absolute Gasteiger partial charge is 0.398 e. The Balaban J connectivity index is 3.15. The molecule has 0 bridgehead atoms. The van der Waals surface area contributed by atoms with Crippen molar-refractivity contribution in [2.45, 2.75) is 27.2 Å². The Labute approximate surface area is 130 Å². The second-order valence-corrected chi connectivity index (χ2v) is 5.39. The van der Waals surface area contributed by atoms with Crippen LogP contribution in [0.25, 0.3) is 5.53 Å². The van der Waals surface area contributed by atoms with Crippen molar-refractivity contribution in [2.24, 2.45) is 11.1 Å². The first-order chi connectivity index (χ1) is 10.5. The van der Waals surface area contributed by atoms with E-state index in [1.165, 1.54) is 13.2 Å². The summed E-state index contributed by atoms with van der Waals surface area (Å²) in [5, 5.41) is 3.83. The summed E-state index contributed by atoms with van der Waals surface area (Å²) in [6, 6.07) is 8.99. The highest BCUT2D eigenvalue weighted by molar-refractivity contribution is 6.70. The molecule has 5 nitrogen and oxygen atoms in total. The van der Waals surface area contributed by atoms with E-state index in [2.05, 4.69) is 23.8 Å². The second kappa shape index (κ2) is 8.70. The maximum atomic E-state index is 12.4. The number of hydrogen-bond acceptors (Lipinski definition) is 3. The van der Waals surface area contributed by atoms with Crippen molar-refractivity contribution in [3.05, 3.63) is 53.1 Å². The van der Waals surface area contributed by atoms with Crippen molar-refractivity contribution >= 4 is 17.2 Å². The van der Waals surface area contributed by atoms with Crippen LogP contribution in [0.5, 0.6) is 0 Å². The quantitative estimate of drug-likeness (QED) is 0.255. The Kier molecular flexibility index (Phi) is 6.93. The third-order valence-corrected chi connectivity index (χ3v) is 2.90. The van der Waals surface area contributed by atoms with Gasteiger partial charge in [-0.2, -0.15) is 4.79 Å². The first kappa shape index (κ1) is 17.5. The molecular formula is C17H21N3O2. The van der Waals surface area contributed by atoms with E-state index in [0.29, 0.717) is 11.5 Å². The fraction of sp³-hybridized carbons (Fsp3) is 0.353. The normalized spacial score (nSPS) is 12.0. The van der Waals surface area contributed by atoms with Gasteiger partial charge < -0.3 is 10.4 Å². The minimum atomic E-state index is -0.402. The average Bonchev–Trinajstić information content (AvgIpc) is 2.47. The maximum absolute atomic E-state index is 12.4. The molecule has 1 aromatic carbocycles. The SMILES string of the molecule is CO/N=C(/C(=[N+]=[N-])C(=O)/C=C(\C)CC(C)C)c1ccccc1. The predicted molar refractivity (Wildman–Crippen MR) is 86.8 cm³/mol. The number of nitrogens with zero attached hydrogens (tertiary/aromatic N) is 3. The zero-order valence-electron chi connectivity index (χ0n) is 13.4. The van der Waals surface area contributed by atoms with E-state index >= 15 is 0 Å². The van der Waals surface area contributed by atoms with Gasteiger partial charge in [0.1, 0.15) is 7.11 Å². The zero-order chi connectivity index (χ0) is 16.5. The number of rotatable bonds is 7. The zero-order valence-corrected chi connectivity index (χ0v) is 13.4. The Bertz CT molecular complexity index is 625. The van der Waals surface area contributed by atoms with Crippen molar-refractivity contribution in [3.63, 3.8) is 0 Å². The Hall–Kier alpha value is -2.52. The molecule has 0 aliphatic carbocycles. The molecule has 1 aromatic rings. The number of hydrogen-bond donors (Lipinski definition) is 0. The van der Waals surface area contributed by atoms with Gasteiger partial charge in [-0.3, -0.25) is 4.79 Å². The molecule has 5 heteroatoms. The molecule has 0 atom stereocenters. The molecule has 0 heterocycles. The summed E-state index contributed by atoms with van der Waals surface area (Å²) in [6.07, 6.45) is 2.27. The Morgan fingerprint density at radius 1 is 1.36 bits per heavy atom. The van der Waals surface area contributed by atoms with Crippen LogP contribution in [0.1, 0.15) is 32.8 Å². The molecule has 0 spiro atoms. The van der Waals surface area contributed by atoms with Crippen molar-refractivity contribution in [1.29, 1.82) is 0 Å². The summed E-state index contributed by atoms with van der Waals surface area (Å²) >= 11 is 0. The first-order valence-corrected chi connectivity index (χ1v) is 7.10. The molecule has 0 radical (unpaired) electrons. The van der Waals surface area contributed by atoms with E-state index in [4.69, 9.17) is 4.84 Å². The third-order valence-electron chi connectivity index (χ3n) is 2.90. The van der Waals surface area contributed by atoms with E-state index in [-0.39, 0.29) is 11.4 Å². The van der Waals surface area contributed by atoms with Crippen LogP contribution >= 0.6 is 0 Å².